The molecule has 0 aliphatic heterocycles. The number of carbonyl (C=O) groups excluding carboxylic acids is 1. The molecule has 30 heavy (non-hydrogen) atoms. The Kier molecular flexibility index (Phi) is 5.12. The smallest absolute Gasteiger partial charge is 0.413 e. The fraction of sp³-hybridized carbons (Fsp3) is 0.263. The SMILES string of the molecule is NC(=O)c1cnc(-c2ccc(N(CC3(c4ncccc4F)CCC3)C(=O)O)nn2)s1. The first-order valence-electron chi connectivity index (χ1n) is 9.11. The van der Waals surface area contributed by atoms with E-state index in [1.54, 1.807) is 6.07 Å². The number of halogens is 1. The molecule has 1 aliphatic carbocycles. The van der Waals surface area contributed by atoms with Crippen LogP contribution in [0.1, 0.15) is 34.6 Å². The van der Waals surface area contributed by atoms with Crippen molar-refractivity contribution in [3.05, 3.63) is 53.0 Å². The van der Waals surface area contributed by atoms with E-state index in [4.69, 9.17) is 5.73 Å². The second kappa shape index (κ2) is 7.75. The number of nitrogens with two attached hydrogens (primary N) is 1. The molecule has 0 radical (unpaired) electrons. The van der Waals surface area contributed by atoms with E-state index in [1.165, 1.54) is 30.6 Å². The van der Waals surface area contributed by atoms with Crippen LogP contribution in [0.5, 0.6) is 0 Å². The minimum Gasteiger partial charge on any atom is -0.465 e. The van der Waals surface area contributed by atoms with Crippen LogP contribution in [-0.4, -0.2) is 43.8 Å². The number of thiazole rings is 1. The highest BCUT2D eigenvalue weighted by atomic mass is 32.1. The summed E-state index contributed by atoms with van der Waals surface area (Å²) >= 11 is 1.07. The number of hydrogen-bond donors (Lipinski definition) is 2. The largest absolute Gasteiger partial charge is 0.465 e. The fourth-order valence-electron chi connectivity index (χ4n) is 3.49. The van der Waals surface area contributed by atoms with Crippen LogP contribution in [0.2, 0.25) is 0 Å². The van der Waals surface area contributed by atoms with Gasteiger partial charge in [0.25, 0.3) is 5.91 Å². The van der Waals surface area contributed by atoms with Gasteiger partial charge in [-0.2, -0.15) is 0 Å². The Balaban J connectivity index is 1.61. The highest BCUT2D eigenvalue weighted by molar-refractivity contribution is 7.16. The molecule has 0 spiro atoms. The van der Waals surface area contributed by atoms with Crippen molar-refractivity contribution in [1.29, 1.82) is 0 Å². The van der Waals surface area contributed by atoms with E-state index in [2.05, 4.69) is 20.2 Å². The molecule has 2 amide bonds. The lowest BCUT2D eigenvalue weighted by molar-refractivity contribution is 0.100. The predicted octanol–water partition coefficient (Wildman–Crippen LogP) is 2.84. The quantitative estimate of drug-likeness (QED) is 0.616. The number of amides is 2. The molecule has 0 saturated heterocycles. The zero-order chi connectivity index (χ0) is 21.3. The topological polar surface area (TPSA) is 135 Å². The van der Waals surface area contributed by atoms with Crippen LogP contribution < -0.4 is 10.6 Å². The number of aromatic nitrogens is 4. The molecular weight excluding hydrogens is 411 g/mol. The van der Waals surface area contributed by atoms with E-state index in [-0.39, 0.29) is 22.9 Å². The van der Waals surface area contributed by atoms with Gasteiger partial charge in [-0.25, -0.2) is 14.2 Å². The molecule has 1 aliphatic rings. The average Bonchev–Trinajstić information content (AvgIpc) is 3.19. The zero-order valence-corrected chi connectivity index (χ0v) is 16.5. The third kappa shape index (κ3) is 3.59. The van der Waals surface area contributed by atoms with Crippen molar-refractivity contribution in [2.75, 3.05) is 11.4 Å². The molecule has 0 aromatic carbocycles. The minimum absolute atomic E-state index is 0.0212. The Morgan fingerprint density at radius 2 is 2.03 bits per heavy atom. The Hall–Kier alpha value is -3.47. The number of anilines is 1. The second-order valence-corrected chi connectivity index (χ2v) is 8.04. The van der Waals surface area contributed by atoms with Crippen molar-refractivity contribution >= 4 is 29.2 Å². The van der Waals surface area contributed by atoms with Gasteiger partial charge in [-0.05, 0) is 37.1 Å². The monoisotopic (exact) mass is 428 g/mol. The van der Waals surface area contributed by atoms with Gasteiger partial charge in [0.1, 0.15) is 21.4 Å². The van der Waals surface area contributed by atoms with Crippen LogP contribution in [0.4, 0.5) is 15.0 Å². The minimum atomic E-state index is -1.22. The van der Waals surface area contributed by atoms with Gasteiger partial charge in [0.15, 0.2) is 5.82 Å². The van der Waals surface area contributed by atoms with Gasteiger partial charge in [-0.3, -0.25) is 14.7 Å². The van der Waals surface area contributed by atoms with Gasteiger partial charge in [-0.1, -0.05) is 6.42 Å². The van der Waals surface area contributed by atoms with E-state index < -0.39 is 23.2 Å². The van der Waals surface area contributed by atoms with Crippen LogP contribution in [0.25, 0.3) is 10.7 Å². The second-order valence-electron chi connectivity index (χ2n) is 7.01. The first-order chi connectivity index (χ1) is 14.4. The molecule has 11 heteroatoms. The van der Waals surface area contributed by atoms with Crippen molar-refractivity contribution < 1.29 is 19.1 Å². The Labute approximate surface area is 174 Å². The van der Waals surface area contributed by atoms with Crippen LogP contribution in [0.3, 0.4) is 0 Å². The number of rotatable bonds is 6. The molecular formula is C19H17FN6O3S. The first kappa shape index (κ1) is 19.8. The van der Waals surface area contributed by atoms with Crippen molar-refractivity contribution in [3.8, 4) is 10.7 Å². The number of carbonyl (C=O) groups is 2. The van der Waals surface area contributed by atoms with Crippen LogP contribution >= 0.6 is 11.3 Å². The third-order valence-corrected chi connectivity index (χ3v) is 6.19. The van der Waals surface area contributed by atoms with E-state index in [1.807, 2.05) is 0 Å². The molecule has 1 fully saturated rings. The Morgan fingerprint density at radius 3 is 2.57 bits per heavy atom. The van der Waals surface area contributed by atoms with E-state index in [0.717, 1.165) is 22.7 Å². The summed E-state index contributed by atoms with van der Waals surface area (Å²) < 4.78 is 14.4. The van der Waals surface area contributed by atoms with Gasteiger partial charge in [0.2, 0.25) is 0 Å². The molecule has 3 N–H and O–H groups in total. The van der Waals surface area contributed by atoms with Gasteiger partial charge in [-0.15, -0.1) is 21.5 Å². The molecule has 3 aromatic rings. The van der Waals surface area contributed by atoms with Crippen molar-refractivity contribution in [1.82, 2.24) is 20.2 Å². The number of carboxylic acid groups (broad SMARTS) is 1. The van der Waals surface area contributed by atoms with Crippen molar-refractivity contribution in [2.24, 2.45) is 5.73 Å². The average molecular weight is 428 g/mol. The molecule has 4 rings (SSSR count). The molecule has 0 atom stereocenters. The van der Waals surface area contributed by atoms with E-state index >= 15 is 0 Å². The summed E-state index contributed by atoms with van der Waals surface area (Å²) in [7, 11) is 0. The van der Waals surface area contributed by atoms with Crippen LogP contribution in [0.15, 0.2) is 36.7 Å². The third-order valence-electron chi connectivity index (χ3n) is 5.16. The van der Waals surface area contributed by atoms with E-state index in [0.29, 0.717) is 23.5 Å². The number of nitrogens with zero attached hydrogens (tertiary/aromatic N) is 5. The summed E-state index contributed by atoms with van der Waals surface area (Å²) in [5.41, 5.74) is 5.19. The lowest BCUT2D eigenvalue weighted by atomic mass is 9.66. The van der Waals surface area contributed by atoms with Crippen LogP contribution in [-0.2, 0) is 5.41 Å². The highest BCUT2D eigenvalue weighted by Crippen LogP contribution is 2.44. The number of hydrogen-bond acceptors (Lipinski definition) is 7. The summed E-state index contributed by atoms with van der Waals surface area (Å²) in [6, 6.07) is 5.91. The molecule has 154 valence electrons. The maximum Gasteiger partial charge on any atom is 0.413 e. The lowest BCUT2D eigenvalue weighted by Crippen LogP contribution is -2.49. The maximum atomic E-state index is 14.4. The zero-order valence-electron chi connectivity index (χ0n) is 15.7. The van der Waals surface area contributed by atoms with Gasteiger partial charge < -0.3 is 10.8 Å². The fourth-order valence-corrected chi connectivity index (χ4v) is 4.22. The molecule has 3 aromatic heterocycles. The Bertz CT molecular complexity index is 1100. The van der Waals surface area contributed by atoms with Crippen molar-refractivity contribution in [3.63, 3.8) is 0 Å². The first-order valence-corrected chi connectivity index (χ1v) is 9.92. The maximum absolute atomic E-state index is 14.4. The van der Waals surface area contributed by atoms with Gasteiger partial charge >= 0.3 is 6.09 Å². The summed E-state index contributed by atoms with van der Waals surface area (Å²) in [6.45, 7) is 0.0212. The Morgan fingerprint density at radius 1 is 1.23 bits per heavy atom. The molecule has 0 bridgehead atoms. The predicted molar refractivity (Wildman–Crippen MR) is 107 cm³/mol. The molecule has 1 saturated carbocycles. The molecule has 3 heterocycles. The summed E-state index contributed by atoms with van der Waals surface area (Å²) in [5, 5.41) is 18.3. The molecule has 9 nitrogen and oxygen atoms in total. The molecule has 0 unspecified atom stereocenters. The summed E-state index contributed by atoms with van der Waals surface area (Å²) in [4.78, 5) is 32.8. The van der Waals surface area contributed by atoms with Crippen molar-refractivity contribution in [2.45, 2.75) is 24.7 Å². The number of primary amides is 1. The summed E-state index contributed by atoms with van der Waals surface area (Å²) in [5.74, 6) is -0.925. The van der Waals surface area contributed by atoms with Gasteiger partial charge in [0, 0.05) is 18.2 Å². The normalized spacial score (nSPS) is 14.7. The highest BCUT2D eigenvalue weighted by Gasteiger charge is 2.44. The van der Waals surface area contributed by atoms with Crippen LogP contribution in [0, 0.1) is 5.82 Å². The standard InChI is InChI=1S/C19H17FN6O3S/c20-11-3-1-8-22-15(11)19(6-2-7-19)10-26(18(28)29)14-5-4-12(24-25-14)17-23-9-13(30-17)16(21)27/h1,3-5,8-9H,2,6-7,10H2,(H2,21,27)(H,28,29). The lowest BCUT2D eigenvalue weighted by Gasteiger charge is -2.43. The summed E-state index contributed by atoms with van der Waals surface area (Å²) in [6.07, 6.45) is 3.76. The van der Waals surface area contributed by atoms with Gasteiger partial charge in [0.05, 0.1) is 11.9 Å². The van der Waals surface area contributed by atoms with E-state index in [9.17, 15) is 19.1 Å². The number of pyridine rings is 1.